The van der Waals surface area contributed by atoms with Crippen molar-refractivity contribution in [2.75, 3.05) is 0 Å². The normalized spacial score (nSPS) is 12.2. The number of hydrogen-bond donors (Lipinski definition) is 7. The quantitative estimate of drug-likeness (QED) is 0.0438. The summed E-state index contributed by atoms with van der Waals surface area (Å²) in [6, 6.07) is 28.4. The van der Waals surface area contributed by atoms with Crippen molar-refractivity contribution in [3.05, 3.63) is 91.0 Å². The van der Waals surface area contributed by atoms with Crippen molar-refractivity contribution in [2.24, 2.45) is 0 Å². The van der Waals surface area contributed by atoms with Gasteiger partial charge in [0.15, 0.2) is 23.0 Å². The third-order valence-electron chi connectivity index (χ3n) is 9.28. The Morgan fingerprint density at radius 2 is 0.844 bits per heavy atom. The monoisotopic (exact) mass is 590 g/mol. The Bertz CT molecular complexity index is 2780. The molecule has 0 amide bonds. The smallest absolute Gasteiger partial charge is 0.204 e. The molecule has 216 valence electrons. The van der Waals surface area contributed by atoms with Crippen molar-refractivity contribution in [1.82, 2.24) is 0 Å². The van der Waals surface area contributed by atoms with E-state index in [9.17, 15) is 35.7 Å². The largest absolute Gasteiger partial charge is 0.504 e. The maximum Gasteiger partial charge on any atom is 0.204 e. The standard InChI is InChI=1S/C38H22O7/c39-32-27-22-11-5-10-21-20-9-4-3-8-18(20)15-23(25(21)22)26-28(27)29(33(40)36(32)43)24(19-13-12-16-6-1-2-7-17(16)14-19)30-31(26)35(42)38(45)37(44)34(30)41/h1-15,39-45H. The number of hydrogen-bond acceptors (Lipinski definition) is 7. The Morgan fingerprint density at radius 3 is 1.60 bits per heavy atom. The minimum atomic E-state index is -0.934. The first-order chi connectivity index (χ1) is 21.8. The fourth-order valence-corrected chi connectivity index (χ4v) is 7.37. The first-order valence-electron chi connectivity index (χ1n) is 14.3. The van der Waals surface area contributed by atoms with Crippen LogP contribution in [0, 0.1) is 0 Å². The first kappa shape index (κ1) is 25.2. The lowest BCUT2D eigenvalue weighted by Gasteiger charge is -2.24. The second-order valence-electron chi connectivity index (χ2n) is 11.5. The number of phenolic OH excluding ortho intramolecular Hbond substituents is 7. The molecule has 0 heterocycles. The zero-order valence-corrected chi connectivity index (χ0v) is 23.3. The van der Waals surface area contributed by atoms with Crippen LogP contribution in [-0.2, 0) is 0 Å². The molecule has 0 radical (unpaired) electrons. The van der Waals surface area contributed by atoms with Gasteiger partial charge in [-0.05, 0) is 60.8 Å². The maximum atomic E-state index is 11.7. The molecule has 7 nitrogen and oxygen atoms in total. The Kier molecular flexibility index (Phi) is 4.70. The van der Waals surface area contributed by atoms with Gasteiger partial charge in [0.25, 0.3) is 0 Å². The van der Waals surface area contributed by atoms with Gasteiger partial charge >= 0.3 is 0 Å². The highest BCUT2D eigenvalue weighted by atomic mass is 16.3. The van der Waals surface area contributed by atoms with Gasteiger partial charge in [-0.15, -0.1) is 0 Å². The van der Waals surface area contributed by atoms with Crippen LogP contribution in [0.1, 0.15) is 0 Å². The molecule has 0 spiro atoms. The van der Waals surface area contributed by atoms with Crippen LogP contribution in [-0.4, -0.2) is 35.7 Å². The van der Waals surface area contributed by atoms with Gasteiger partial charge in [-0.25, -0.2) is 0 Å². The van der Waals surface area contributed by atoms with Crippen LogP contribution in [0.25, 0.3) is 86.5 Å². The third kappa shape index (κ3) is 2.99. The first-order valence-corrected chi connectivity index (χ1v) is 14.3. The van der Waals surface area contributed by atoms with Crippen LogP contribution in [0.4, 0.5) is 0 Å². The average Bonchev–Trinajstić information content (AvgIpc) is 3.07. The van der Waals surface area contributed by atoms with E-state index in [0.717, 1.165) is 26.9 Å². The van der Waals surface area contributed by atoms with Crippen molar-refractivity contribution < 1.29 is 35.7 Å². The third-order valence-corrected chi connectivity index (χ3v) is 9.28. The van der Waals surface area contributed by atoms with E-state index in [1.807, 2.05) is 84.9 Å². The lowest BCUT2D eigenvalue weighted by atomic mass is 9.81. The molecule has 0 bridgehead atoms. The van der Waals surface area contributed by atoms with E-state index in [0.29, 0.717) is 32.5 Å². The summed E-state index contributed by atoms with van der Waals surface area (Å²) < 4.78 is 0. The Balaban J connectivity index is 1.71. The molecule has 0 unspecified atom stereocenters. The summed E-state index contributed by atoms with van der Waals surface area (Å²) in [5, 5.41) is 86.5. The van der Waals surface area contributed by atoms with Crippen LogP contribution >= 0.6 is 0 Å². The SMILES string of the molecule is Oc1c(O)c(O)c2c(c1O)c(-c1ccc3ccccc3c1)c1c(O)c(O)c(O)c3c4cccc5c6ccccc6cc(c54)c2c13. The van der Waals surface area contributed by atoms with E-state index in [-0.39, 0.29) is 27.1 Å². The zero-order valence-electron chi connectivity index (χ0n) is 23.3. The predicted molar refractivity (Wildman–Crippen MR) is 177 cm³/mol. The summed E-state index contributed by atoms with van der Waals surface area (Å²) in [7, 11) is 0. The number of aromatic hydroxyl groups is 7. The molecule has 0 aliphatic rings. The Hall–Kier alpha value is -6.34. The highest BCUT2D eigenvalue weighted by molar-refractivity contribution is 6.45. The highest BCUT2D eigenvalue weighted by Crippen LogP contribution is 2.61. The van der Waals surface area contributed by atoms with Crippen molar-refractivity contribution >= 4 is 75.4 Å². The molecule has 7 N–H and O–H groups in total. The van der Waals surface area contributed by atoms with Crippen LogP contribution in [0.15, 0.2) is 91.0 Å². The molecule has 9 aromatic carbocycles. The molecular formula is C38H22O7. The molecule has 0 fully saturated rings. The molecule has 0 atom stereocenters. The molecule has 0 aromatic heterocycles. The summed E-state index contributed by atoms with van der Waals surface area (Å²) in [6.07, 6.45) is 0. The van der Waals surface area contributed by atoms with Gasteiger partial charge in [0.1, 0.15) is 0 Å². The molecule has 0 saturated carbocycles. The number of fused-ring (bicyclic) bond motifs is 7. The second-order valence-corrected chi connectivity index (χ2v) is 11.5. The van der Waals surface area contributed by atoms with Gasteiger partial charge in [0, 0.05) is 37.9 Å². The van der Waals surface area contributed by atoms with Crippen molar-refractivity contribution in [1.29, 1.82) is 0 Å². The van der Waals surface area contributed by atoms with Crippen molar-refractivity contribution in [2.45, 2.75) is 0 Å². The molecule has 45 heavy (non-hydrogen) atoms. The minimum absolute atomic E-state index is 0.00952. The Morgan fingerprint density at radius 1 is 0.289 bits per heavy atom. The van der Waals surface area contributed by atoms with Gasteiger partial charge in [-0.2, -0.15) is 0 Å². The van der Waals surface area contributed by atoms with Crippen LogP contribution in [0.5, 0.6) is 40.2 Å². The van der Waals surface area contributed by atoms with Crippen LogP contribution in [0.2, 0.25) is 0 Å². The van der Waals surface area contributed by atoms with Crippen LogP contribution < -0.4 is 0 Å². The minimum Gasteiger partial charge on any atom is -0.504 e. The molecular weight excluding hydrogens is 568 g/mol. The van der Waals surface area contributed by atoms with E-state index < -0.39 is 40.2 Å². The summed E-state index contributed by atoms with van der Waals surface area (Å²) in [6.45, 7) is 0. The van der Waals surface area contributed by atoms with Gasteiger partial charge in [0.05, 0.1) is 0 Å². The van der Waals surface area contributed by atoms with Gasteiger partial charge < -0.3 is 35.7 Å². The summed E-state index contributed by atoms with van der Waals surface area (Å²) >= 11 is 0. The maximum absolute atomic E-state index is 11.7. The van der Waals surface area contributed by atoms with Gasteiger partial charge in [0.2, 0.25) is 17.2 Å². The van der Waals surface area contributed by atoms with Crippen molar-refractivity contribution in [3.63, 3.8) is 0 Å². The fourth-order valence-electron chi connectivity index (χ4n) is 7.37. The summed E-state index contributed by atoms with van der Waals surface area (Å²) in [5.74, 6) is -5.19. The highest BCUT2D eigenvalue weighted by Gasteiger charge is 2.32. The number of benzene rings is 9. The van der Waals surface area contributed by atoms with E-state index >= 15 is 0 Å². The van der Waals surface area contributed by atoms with E-state index in [4.69, 9.17) is 0 Å². The zero-order chi connectivity index (χ0) is 30.9. The Labute approximate surface area is 253 Å². The van der Waals surface area contributed by atoms with Gasteiger partial charge in [-0.3, -0.25) is 0 Å². The van der Waals surface area contributed by atoms with E-state index in [1.165, 1.54) is 0 Å². The van der Waals surface area contributed by atoms with Crippen molar-refractivity contribution in [3.8, 4) is 51.4 Å². The van der Waals surface area contributed by atoms with Gasteiger partial charge in [-0.1, -0.05) is 78.9 Å². The van der Waals surface area contributed by atoms with Crippen LogP contribution in [0.3, 0.4) is 0 Å². The molecule has 0 saturated heterocycles. The lowest BCUT2D eigenvalue weighted by molar-refractivity contribution is 0.351. The lowest BCUT2D eigenvalue weighted by Crippen LogP contribution is -1.95. The molecule has 9 aromatic rings. The molecule has 7 heteroatoms. The second kappa shape index (κ2) is 8.39. The predicted octanol–water partition coefficient (Wildman–Crippen LogP) is 8.80. The summed E-state index contributed by atoms with van der Waals surface area (Å²) in [4.78, 5) is 0. The van der Waals surface area contributed by atoms with E-state index in [2.05, 4.69) is 0 Å². The molecule has 9 rings (SSSR count). The number of rotatable bonds is 1. The molecule has 0 aliphatic carbocycles. The topological polar surface area (TPSA) is 142 Å². The summed E-state index contributed by atoms with van der Waals surface area (Å²) in [5.41, 5.74) is 0.668. The molecule has 0 aliphatic heterocycles. The average molecular weight is 591 g/mol. The van der Waals surface area contributed by atoms with E-state index in [1.54, 1.807) is 6.07 Å². The number of phenols is 7. The fraction of sp³-hybridized carbons (Fsp3) is 0.